The van der Waals surface area contributed by atoms with Crippen LogP contribution < -0.4 is 10.5 Å². The molecular formula is C11H13F2NO. The van der Waals surface area contributed by atoms with Crippen molar-refractivity contribution in [3.8, 4) is 5.75 Å². The van der Waals surface area contributed by atoms with E-state index in [1.807, 2.05) is 0 Å². The van der Waals surface area contributed by atoms with Gasteiger partial charge in [-0.1, -0.05) is 0 Å². The molecule has 1 aromatic carbocycles. The lowest BCUT2D eigenvalue weighted by atomic mass is 10.2. The third-order valence-electron chi connectivity index (χ3n) is 2.62. The molecule has 1 aliphatic carbocycles. The van der Waals surface area contributed by atoms with E-state index in [1.165, 1.54) is 6.07 Å². The summed E-state index contributed by atoms with van der Waals surface area (Å²) < 4.78 is 31.0. The zero-order valence-electron chi connectivity index (χ0n) is 8.25. The Balaban J connectivity index is 2.02. The molecule has 1 aliphatic rings. The molecule has 0 saturated heterocycles. The molecule has 82 valence electrons. The first-order chi connectivity index (χ1) is 7.15. The maximum Gasteiger partial charge on any atom is 0.162 e. The highest BCUT2D eigenvalue weighted by molar-refractivity contribution is 5.24. The average Bonchev–Trinajstić information content (AvgIpc) is 2.58. The normalized spacial score (nSPS) is 25.5. The number of rotatable bonds is 2. The second kappa shape index (κ2) is 4.14. The van der Waals surface area contributed by atoms with Crippen molar-refractivity contribution in [2.75, 3.05) is 0 Å². The van der Waals surface area contributed by atoms with Gasteiger partial charge in [-0.05, 0) is 31.4 Å². The van der Waals surface area contributed by atoms with Gasteiger partial charge in [0.25, 0.3) is 0 Å². The van der Waals surface area contributed by atoms with E-state index in [0.717, 1.165) is 31.4 Å². The largest absolute Gasteiger partial charge is 0.490 e. The van der Waals surface area contributed by atoms with Crippen LogP contribution in [-0.4, -0.2) is 12.1 Å². The van der Waals surface area contributed by atoms with Gasteiger partial charge in [-0.25, -0.2) is 8.78 Å². The average molecular weight is 213 g/mol. The third-order valence-corrected chi connectivity index (χ3v) is 2.62. The van der Waals surface area contributed by atoms with Gasteiger partial charge in [-0.15, -0.1) is 0 Å². The number of hydrogen-bond acceptors (Lipinski definition) is 2. The number of benzene rings is 1. The predicted molar refractivity (Wildman–Crippen MR) is 52.6 cm³/mol. The van der Waals surface area contributed by atoms with Crippen molar-refractivity contribution in [1.29, 1.82) is 0 Å². The summed E-state index contributed by atoms with van der Waals surface area (Å²) in [5, 5.41) is 0. The molecule has 2 unspecified atom stereocenters. The molecule has 0 aromatic heterocycles. The molecule has 1 saturated carbocycles. The Labute approximate surface area is 87.0 Å². The van der Waals surface area contributed by atoms with E-state index in [0.29, 0.717) is 5.75 Å². The standard InChI is InChI=1S/C11H13F2NO/c12-10-4-3-9(6-11(10)13)15-8-2-1-7(14)5-8/h3-4,6-8H,1-2,5,14H2. The lowest BCUT2D eigenvalue weighted by Gasteiger charge is -2.13. The van der Waals surface area contributed by atoms with Gasteiger partial charge < -0.3 is 10.5 Å². The van der Waals surface area contributed by atoms with E-state index in [4.69, 9.17) is 10.5 Å². The smallest absolute Gasteiger partial charge is 0.162 e. The summed E-state index contributed by atoms with van der Waals surface area (Å²) in [5.41, 5.74) is 5.72. The zero-order chi connectivity index (χ0) is 10.8. The number of halogens is 2. The van der Waals surface area contributed by atoms with Gasteiger partial charge >= 0.3 is 0 Å². The van der Waals surface area contributed by atoms with Crippen LogP contribution in [-0.2, 0) is 0 Å². The Morgan fingerprint density at radius 2 is 2.00 bits per heavy atom. The van der Waals surface area contributed by atoms with Crippen LogP contribution in [0.3, 0.4) is 0 Å². The fraction of sp³-hybridized carbons (Fsp3) is 0.455. The lowest BCUT2D eigenvalue weighted by Crippen LogP contribution is -2.19. The van der Waals surface area contributed by atoms with Crippen LogP contribution >= 0.6 is 0 Å². The van der Waals surface area contributed by atoms with E-state index in [2.05, 4.69) is 0 Å². The van der Waals surface area contributed by atoms with E-state index >= 15 is 0 Å². The molecule has 2 atom stereocenters. The van der Waals surface area contributed by atoms with Crippen molar-refractivity contribution >= 4 is 0 Å². The molecule has 0 bridgehead atoms. The molecule has 1 fully saturated rings. The maximum absolute atomic E-state index is 12.9. The van der Waals surface area contributed by atoms with E-state index in [1.54, 1.807) is 0 Å². The summed E-state index contributed by atoms with van der Waals surface area (Å²) in [4.78, 5) is 0. The Bertz CT molecular complexity index is 356. The molecular weight excluding hydrogens is 200 g/mol. The number of ether oxygens (including phenoxy) is 1. The van der Waals surface area contributed by atoms with Crippen molar-refractivity contribution in [3.63, 3.8) is 0 Å². The summed E-state index contributed by atoms with van der Waals surface area (Å²) in [5.74, 6) is -1.37. The minimum Gasteiger partial charge on any atom is -0.490 e. The predicted octanol–water partition coefficient (Wildman–Crippen LogP) is 2.22. The van der Waals surface area contributed by atoms with Gasteiger partial charge in [0.05, 0.1) is 0 Å². The van der Waals surface area contributed by atoms with E-state index in [-0.39, 0.29) is 12.1 Å². The first-order valence-electron chi connectivity index (χ1n) is 5.02. The molecule has 2 N–H and O–H groups in total. The molecule has 4 heteroatoms. The third kappa shape index (κ3) is 2.45. The van der Waals surface area contributed by atoms with Gasteiger partial charge in [0.15, 0.2) is 11.6 Å². The van der Waals surface area contributed by atoms with E-state index in [9.17, 15) is 8.78 Å². The Hall–Kier alpha value is -1.16. The highest BCUT2D eigenvalue weighted by Crippen LogP contribution is 2.24. The van der Waals surface area contributed by atoms with Gasteiger partial charge in [-0.3, -0.25) is 0 Å². The van der Waals surface area contributed by atoms with Crippen molar-refractivity contribution in [3.05, 3.63) is 29.8 Å². The van der Waals surface area contributed by atoms with Crippen molar-refractivity contribution in [2.24, 2.45) is 5.73 Å². The van der Waals surface area contributed by atoms with Crippen molar-refractivity contribution < 1.29 is 13.5 Å². The van der Waals surface area contributed by atoms with Gasteiger partial charge in [-0.2, -0.15) is 0 Å². The van der Waals surface area contributed by atoms with Crippen LogP contribution in [0.2, 0.25) is 0 Å². The topological polar surface area (TPSA) is 35.2 Å². The zero-order valence-corrected chi connectivity index (χ0v) is 8.25. The summed E-state index contributed by atoms with van der Waals surface area (Å²) in [7, 11) is 0. The van der Waals surface area contributed by atoms with Crippen LogP contribution in [0.5, 0.6) is 5.75 Å². The molecule has 2 rings (SSSR count). The second-order valence-corrected chi connectivity index (χ2v) is 3.89. The van der Waals surface area contributed by atoms with Crippen LogP contribution in [0, 0.1) is 11.6 Å². The quantitative estimate of drug-likeness (QED) is 0.817. The van der Waals surface area contributed by atoms with Crippen LogP contribution in [0.25, 0.3) is 0 Å². The lowest BCUT2D eigenvalue weighted by molar-refractivity contribution is 0.207. The molecule has 2 nitrogen and oxygen atoms in total. The minimum atomic E-state index is -0.880. The Morgan fingerprint density at radius 3 is 2.60 bits per heavy atom. The Kier molecular flexibility index (Phi) is 2.86. The SMILES string of the molecule is NC1CCC(Oc2ccc(F)c(F)c2)C1. The second-order valence-electron chi connectivity index (χ2n) is 3.89. The molecule has 0 aliphatic heterocycles. The minimum absolute atomic E-state index is 0.0323. The highest BCUT2D eigenvalue weighted by atomic mass is 19.2. The van der Waals surface area contributed by atoms with Crippen LogP contribution in [0.15, 0.2) is 18.2 Å². The van der Waals surface area contributed by atoms with Crippen molar-refractivity contribution in [1.82, 2.24) is 0 Å². The van der Waals surface area contributed by atoms with E-state index < -0.39 is 11.6 Å². The summed E-state index contributed by atoms with van der Waals surface area (Å²) >= 11 is 0. The monoisotopic (exact) mass is 213 g/mol. The van der Waals surface area contributed by atoms with Gasteiger partial charge in [0.2, 0.25) is 0 Å². The number of hydrogen-bond donors (Lipinski definition) is 1. The molecule has 0 heterocycles. The first kappa shape index (κ1) is 10.4. The highest BCUT2D eigenvalue weighted by Gasteiger charge is 2.23. The fourth-order valence-corrected chi connectivity index (χ4v) is 1.82. The molecule has 0 amide bonds. The maximum atomic E-state index is 12.9. The molecule has 1 aromatic rings. The summed E-state index contributed by atoms with van der Waals surface area (Å²) in [6, 6.07) is 3.74. The van der Waals surface area contributed by atoms with Gasteiger partial charge in [0.1, 0.15) is 11.9 Å². The van der Waals surface area contributed by atoms with Crippen molar-refractivity contribution in [2.45, 2.75) is 31.4 Å². The molecule has 0 radical (unpaired) electrons. The van der Waals surface area contributed by atoms with Crippen LogP contribution in [0.1, 0.15) is 19.3 Å². The first-order valence-corrected chi connectivity index (χ1v) is 5.02. The molecule has 0 spiro atoms. The fourth-order valence-electron chi connectivity index (χ4n) is 1.82. The number of nitrogens with two attached hydrogens (primary N) is 1. The molecule has 15 heavy (non-hydrogen) atoms. The summed E-state index contributed by atoms with van der Waals surface area (Å²) in [6.07, 6.45) is 2.61. The van der Waals surface area contributed by atoms with Crippen LogP contribution in [0.4, 0.5) is 8.78 Å². The van der Waals surface area contributed by atoms with Gasteiger partial charge in [0, 0.05) is 12.1 Å². The Morgan fingerprint density at radius 1 is 1.20 bits per heavy atom. The summed E-state index contributed by atoms with van der Waals surface area (Å²) in [6.45, 7) is 0.